The molecule has 0 saturated heterocycles. The summed E-state index contributed by atoms with van der Waals surface area (Å²) >= 11 is 6.13. The van der Waals surface area contributed by atoms with Crippen LogP contribution in [0.2, 0.25) is 5.02 Å². The third-order valence-electron chi connectivity index (χ3n) is 4.35. The Morgan fingerprint density at radius 2 is 1.72 bits per heavy atom. The molecule has 29 heavy (non-hydrogen) atoms. The molecule has 1 aliphatic heterocycles. The molecule has 0 aromatic heterocycles. The number of rotatable bonds is 4. The van der Waals surface area contributed by atoms with Gasteiger partial charge in [-0.1, -0.05) is 47.5 Å². The van der Waals surface area contributed by atoms with Crippen LogP contribution in [-0.4, -0.2) is 14.2 Å². The molecule has 0 radical (unpaired) electrons. The van der Waals surface area contributed by atoms with Crippen molar-refractivity contribution in [3.05, 3.63) is 94.2 Å². The van der Waals surface area contributed by atoms with Crippen LogP contribution in [0.15, 0.2) is 77.4 Å². The Bertz CT molecular complexity index is 1240. The highest BCUT2D eigenvalue weighted by molar-refractivity contribution is 7.87. The van der Waals surface area contributed by atoms with Crippen molar-refractivity contribution in [1.29, 1.82) is 0 Å². The standard InChI is InChI=1S/C22H15ClO5S/c1-14-6-9-17(10-7-14)29(25,26)28-16-8-11-18-20(13-16)27-21(22(18)24)12-15-4-2-3-5-19(15)23/h2-13H,1H3/b21-12-. The Balaban J connectivity index is 1.61. The van der Waals surface area contributed by atoms with E-state index in [0.717, 1.165) is 5.56 Å². The summed E-state index contributed by atoms with van der Waals surface area (Å²) in [5.41, 5.74) is 1.90. The van der Waals surface area contributed by atoms with Crippen LogP contribution < -0.4 is 8.92 Å². The van der Waals surface area contributed by atoms with E-state index >= 15 is 0 Å². The zero-order chi connectivity index (χ0) is 20.6. The van der Waals surface area contributed by atoms with Gasteiger partial charge in [0.2, 0.25) is 5.78 Å². The van der Waals surface area contributed by atoms with E-state index < -0.39 is 10.1 Å². The highest BCUT2D eigenvalue weighted by Crippen LogP contribution is 2.36. The number of Topliss-reactive ketones (excluding diaryl/α,β-unsaturated/α-hetero) is 1. The van der Waals surface area contributed by atoms with Crippen LogP contribution in [0.5, 0.6) is 11.5 Å². The molecule has 0 aliphatic carbocycles. The minimum Gasteiger partial charge on any atom is -0.452 e. The number of benzene rings is 3. The van der Waals surface area contributed by atoms with Crippen LogP contribution in [0, 0.1) is 6.92 Å². The summed E-state index contributed by atoms with van der Waals surface area (Å²) in [5, 5.41) is 0.487. The monoisotopic (exact) mass is 426 g/mol. The molecule has 3 aromatic rings. The van der Waals surface area contributed by atoms with Gasteiger partial charge in [-0.2, -0.15) is 8.42 Å². The molecule has 1 heterocycles. The number of halogens is 1. The Morgan fingerprint density at radius 3 is 2.45 bits per heavy atom. The van der Waals surface area contributed by atoms with Crippen LogP contribution in [0.25, 0.3) is 6.08 Å². The van der Waals surface area contributed by atoms with Gasteiger partial charge in [0.25, 0.3) is 0 Å². The lowest BCUT2D eigenvalue weighted by atomic mass is 10.1. The fourth-order valence-electron chi connectivity index (χ4n) is 2.83. The highest BCUT2D eigenvalue weighted by atomic mass is 35.5. The second kappa shape index (κ2) is 7.39. The summed E-state index contributed by atoms with van der Waals surface area (Å²) in [4.78, 5) is 12.6. The highest BCUT2D eigenvalue weighted by Gasteiger charge is 2.28. The average molecular weight is 427 g/mol. The SMILES string of the molecule is Cc1ccc(S(=O)(=O)Oc2ccc3c(c2)O/C(=C\c2ccccc2Cl)C3=O)cc1. The maximum Gasteiger partial charge on any atom is 0.339 e. The number of aryl methyl sites for hydroxylation is 1. The quantitative estimate of drug-likeness (QED) is 0.432. The Labute approximate surface area is 173 Å². The molecule has 0 spiro atoms. The van der Waals surface area contributed by atoms with Crippen LogP contribution in [0.4, 0.5) is 0 Å². The van der Waals surface area contributed by atoms with Gasteiger partial charge in [0.1, 0.15) is 16.4 Å². The summed E-state index contributed by atoms with van der Waals surface area (Å²) in [5.74, 6) is 0.0699. The summed E-state index contributed by atoms with van der Waals surface area (Å²) in [7, 11) is -4.00. The van der Waals surface area contributed by atoms with E-state index in [1.54, 1.807) is 42.5 Å². The second-order valence-electron chi connectivity index (χ2n) is 6.47. The van der Waals surface area contributed by atoms with E-state index in [1.165, 1.54) is 30.3 Å². The molecule has 4 rings (SSSR count). The summed E-state index contributed by atoms with van der Waals surface area (Å²) in [6, 6.07) is 17.7. The Kier molecular flexibility index (Phi) is 4.90. The second-order valence-corrected chi connectivity index (χ2v) is 8.42. The zero-order valence-corrected chi connectivity index (χ0v) is 16.8. The van der Waals surface area contributed by atoms with Crippen molar-refractivity contribution in [2.24, 2.45) is 0 Å². The minimum atomic E-state index is -4.00. The van der Waals surface area contributed by atoms with Crippen molar-refractivity contribution in [1.82, 2.24) is 0 Å². The van der Waals surface area contributed by atoms with Gasteiger partial charge in [-0.3, -0.25) is 4.79 Å². The normalized spacial score (nSPS) is 14.6. The van der Waals surface area contributed by atoms with Crippen LogP contribution in [0.1, 0.15) is 21.5 Å². The molecule has 7 heteroatoms. The van der Waals surface area contributed by atoms with Crippen molar-refractivity contribution in [3.63, 3.8) is 0 Å². The molecule has 0 atom stereocenters. The third-order valence-corrected chi connectivity index (χ3v) is 5.95. The van der Waals surface area contributed by atoms with E-state index in [0.29, 0.717) is 16.1 Å². The van der Waals surface area contributed by atoms with Crippen LogP contribution in [0.3, 0.4) is 0 Å². The van der Waals surface area contributed by atoms with Gasteiger partial charge >= 0.3 is 10.1 Å². The van der Waals surface area contributed by atoms with E-state index in [4.69, 9.17) is 20.5 Å². The zero-order valence-electron chi connectivity index (χ0n) is 15.3. The van der Waals surface area contributed by atoms with E-state index in [1.807, 2.05) is 6.92 Å². The number of hydrogen-bond acceptors (Lipinski definition) is 5. The molecule has 5 nitrogen and oxygen atoms in total. The lowest BCUT2D eigenvalue weighted by Crippen LogP contribution is -2.09. The van der Waals surface area contributed by atoms with Gasteiger partial charge in [-0.25, -0.2) is 0 Å². The first-order valence-corrected chi connectivity index (χ1v) is 10.5. The van der Waals surface area contributed by atoms with Gasteiger partial charge in [-0.15, -0.1) is 0 Å². The largest absolute Gasteiger partial charge is 0.452 e. The molecule has 146 valence electrons. The predicted octanol–water partition coefficient (Wildman–Crippen LogP) is 5.03. The lowest BCUT2D eigenvalue weighted by molar-refractivity contribution is 0.101. The maximum absolute atomic E-state index is 12.6. The first kappa shape index (κ1) is 19.2. The van der Waals surface area contributed by atoms with Gasteiger partial charge < -0.3 is 8.92 Å². The Morgan fingerprint density at radius 1 is 1.00 bits per heavy atom. The maximum atomic E-state index is 12.6. The van der Waals surface area contributed by atoms with Crippen molar-refractivity contribution in [2.75, 3.05) is 0 Å². The smallest absolute Gasteiger partial charge is 0.339 e. The summed E-state index contributed by atoms with van der Waals surface area (Å²) in [6.07, 6.45) is 1.55. The van der Waals surface area contributed by atoms with Gasteiger partial charge in [0.05, 0.1) is 5.56 Å². The van der Waals surface area contributed by atoms with Crippen molar-refractivity contribution < 1.29 is 22.1 Å². The predicted molar refractivity (Wildman–Crippen MR) is 110 cm³/mol. The molecular weight excluding hydrogens is 412 g/mol. The van der Waals surface area contributed by atoms with Gasteiger partial charge in [0, 0.05) is 11.1 Å². The number of carbonyl (C=O) groups excluding carboxylic acids is 1. The number of allylic oxidation sites excluding steroid dienone is 1. The molecule has 0 amide bonds. The summed E-state index contributed by atoms with van der Waals surface area (Å²) in [6.45, 7) is 1.86. The van der Waals surface area contributed by atoms with Gasteiger partial charge in [-0.05, 0) is 48.9 Å². The first-order valence-electron chi connectivity index (χ1n) is 8.67. The number of hydrogen-bond donors (Lipinski definition) is 0. The number of carbonyl (C=O) groups is 1. The molecule has 0 fully saturated rings. The van der Waals surface area contributed by atoms with Crippen molar-refractivity contribution in [2.45, 2.75) is 11.8 Å². The fourth-order valence-corrected chi connectivity index (χ4v) is 3.95. The number of fused-ring (bicyclic) bond motifs is 1. The molecule has 1 aliphatic rings. The summed E-state index contributed by atoms with van der Waals surface area (Å²) < 4.78 is 35.8. The lowest BCUT2D eigenvalue weighted by Gasteiger charge is -2.08. The first-order chi connectivity index (χ1) is 13.8. The fraction of sp³-hybridized carbons (Fsp3) is 0.0455. The number of ketones is 1. The van der Waals surface area contributed by atoms with E-state index in [-0.39, 0.29) is 27.9 Å². The molecule has 0 unspecified atom stereocenters. The molecular formula is C22H15ClO5S. The van der Waals surface area contributed by atoms with E-state index in [9.17, 15) is 13.2 Å². The third kappa shape index (κ3) is 3.90. The average Bonchev–Trinajstić information content (AvgIpc) is 2.98. The van der Waals surface area contributed by atoms with Crippen molar-refractivity contribution >= 4 is 33.6 Å². The molecule has 0 saturated carbocycles. The molecule has 3 aromatic carbocycles. The van der Waals surface area contributed by atoms with Crippen LogP contribution in [-0.2, 0) is 10.1 Å². The minimum absolute atomic E-state index is 0.0416. The van der Waals surface area contributed by atoms with Gasteiger partial charge in [0.15, 0.2) is 5.76 Å². The Hall–Kier alpha value is -3.09. The number of ether oxygens (including phenoxy) is 1. The molecule has 0 N–H and O–H groups in total. The topological polar surface area (TPSA) is 69.7 Å². The van der Waals surface area contributed by atoms with Crippen LogP contribution >= 0.6 is 11.6 Å². The molecule has 0 bridgehead atoms. The van der Waals surface area contributed by atoms with E-state index in [2.05, 4.69) is 0 Å². The van der Waals surface area contributed by atoms with Crippen molar-refractivity contribution in [3.8, 4) is 11.5 Å².